The molecule has 0 spiro atoms. The number of benzene rings is 1. The van der Waals surface area contributed by atoms with Crippen LogP contribution in [0, 0.1) is 0 Å². The minimum Gasteiger partial charge on any atom is -0.488 e. The van der Waals surface area contributed by atoms with Gasteiger partial charge in [0, 0.05) is 13.0 Å². The highest BCUT2D eigenvalue weighted by atomic mass is 16.5. The largest absolute Gasteiger partial charge is 0.488 e. The van der Waals surface area contributed by atoms with Crippen molar-refractivity contribution in [1.82, 2.24) is 0 Å². The van der Waals surface area contributed by atoms with Gasteiger partial charge in [-0.2, -0.15) is 0 Å². The number of rotatable bonds is 21. The van der Waals surface area contributed by atoms with Gasteiger partial charge in [0.15, 0.2) is 0 Å². The summed E-state index contributed by atoms with van der Waals surface area (Å²) in [5, 5.41) is 9.10. The van der Waals surface area contributed by atoms with Crippen molar-refractivity contribution in [2.75, 3.05) is 13.2 Å². The Morgan fingerprint density at radius 1 is 0.784 bits per heavy atom. The SMILES string of the molecule is CCC.CCCCCCCC/C=C\CCCCCCCCOC(=O)c1ccc(OC(C)(C)CCO)cc1. The molecule has 0 aliphatic carbocycles. The second kappa shape index (κ2) is 24.5. The zero-order valence-electron chi connectivity index (χ0n) is 24.9. The highest BCUT2D eigenvalue weighted by molar-refractivity contribution is 5.89. The lowest BCUT2D eigenvalue weighted by atomic mass is 10.1. The molecule has 1 aromatic carbocycles. The first-order chi connectivity index (χ1) is 17.9. The van der Waals surface area contributed by atoms with E-state index in [4.69, 9.17) is 14.6 Å². The average Bonchev–Trinajstić information content (AvgIpc) is 2.86. The van der Waals surface area contributed by atoms with E-state index < -0.39 is 5.60 Å². The average molecular weight is 519 g/mol. The first-order valence-corrected chi connectivity index (χ1v) is 15.1. The summed E-state index contributed by atoms with van der Waals surface area (Å²) in [6.45, 7) is 10.9. The fourth-order valence-electron chi connectivity index (χ4n) is 3.90. The maximum atomic E-state index is 12.2. The van der Waals surface area contributed by atoms with E-state index in [9.17, 15) is 4.79 Å². The molecule has 0 atom stereocenters. The van der Waals surface area contributed by atoms with E-state index in [2.05, 4.69) is 32.9 Å². The molecule has 0 aliphatic rings. The number of ether oxygens (including phenoxy) is 2. The molecule has 0 unspecified atom stereocenters. The van der Waals surface area contributed by atoms with Crippen molar-refractivity contribution in [2.24, 2.45) is 0 Å². The predicted molar refractivity (Wildman–Crippen MR) is 159 cm³/mol. The first-order valence-electron chi connectivity index (χ1n) is 15.1. The van der Waals surface area contributed by atoms with Gasteiger partial charge in [0.25, 0.3) is 0 Å². The van der Waals surface area contributed by atoms with E-state index in [0.29, 0.717) is 24.3 Å². The Balaban J connectivity index is 0.00000410. The predicted octanol–water partition coefficient (Wildman–Crippen LogP) is 9.84. The van der Waals surface area contributed by atoms with Crippen LogP contribution in [0.4, 0.5) is 0 Å². The number of esters is 1. The molecule has 0 saturated heterocycles. The number of aliphatic hydroxyl groups is 1. The zero-order chi connectivity index (χ0) is 27.6. The maximum absolute atomic E-state index is 12.2. The maximum Gasteiger partial charge on any atom is 0.338 e. The Labute approximate surface area is 229 Å². The molecule has 1 aromatic rings. The summed E-state index contributed by atoms with van der Waals surface area (Å²) < 4.78 is 11.3. The molecular formula is C33H58O4. The molecule has 0 bridgehead atoms. The van der Waals surface area contributed by atoms with Crippen molar-refractivity contribution < 1.29 is 19.4 Å². The lowest BCUT2D eigenvalue weighted by Gasteiger charge is -2.25. The molecule has 214 valence electrons. The van der Waals surface area contributed by atoms with Crippen LogP contribution in [0.25, 0.3) is 0 Å². The number of hydrogen-bond acceptors (Lipinski definition) is 4. The van der Waals surface area contributed by atoms with Crippen LogP contribution in [-0.4, -0.2) is 29.9 Å². The molecular weight excluding hydrogens is 460 g/mol. The number of carbonyl (C=O) groups excluding carboxylic acids is 1. The smallest absolute Gasteiger partial charge is 0.338 e. The van der Waals surface area contributed by atoms with Gasteiger partial charge in [0.2, 0.25) is 0 Å². The molecule has 0 heterocycles. The minimum atomic E-state index is -0.444. The van der Waals surface area contributed by atoms with Gasteiger partial charge < -0.3 is 14.6 Å². The fraction of sp³-hybridized carbons (Fsp3) is 0.727. The summed E-state index contributed by atoms with van der Waals surface area (Å²) in [5.74, 6) is 0.400. The highest BCUT2D eigenvalue weighted by Crippen LogP contribution is 2.21. The monoisotopic (exact) mass is 518 g/mol. The van der Waals surface area contributed by atoms with Gasteiger partial charge in [-0.05, 0) is 70.2 Å². The number of aliphatic hydroxyl groups excluding tert-OH is 1. The third-order valence-corrected chi connectivity index (χ3v) is 6.09. The molecule has 1 N–H and O–H groups in total. The van der Waals surface area contributed by atoms with Crippen LogP contribution in [0.1, 0.15) is 148 Å². The van der Waals surface area contributed by atoms with Crippen LogP contribution in [-0.2, 0) is 4.74 Å². The Morgan fingerprint density at radius 3 is 1.78 bits per heavy atom. The summed E-state index contributed by atoms with van der Waals surface area (Å²) in [6, 6.07) is 7.02. The summed E-state index contributed by atoms with van der Waals surface area (Å²) in [5.41, 5.74) is 0.0950. The lowest BCUT2D eigenvalue weighted by molar-refractivity contribution is 0.0497. The highest BCUT2D eigenvalue weighted by Gasteiger charge is 2.19. The van der Waals surface area contributed by atoms with Gasteiger partial charge >= 0.3 is 5.97 Å². The molecule has 0 saturated carbocycles. The van der Waals surface area contributed by atoms with Crippen LogP contribution in [0.15, 0.2) is 36.4 Å². The van der Waals surface area contributed by atoms with Crippen molar-refractivity contribution in [2.45, 2.75) is 143 Å². The Hall–Kier alpha value is -1.81. The fourth-order valence-corrected chi connectivity index (χ4v) is 3.90. The summed E-state index contributed by atoms with van der Waals surface area (Å²) in [4.78, 5) is 12.2. The van der Waals surface area contributed by atoms with Crippen LogP contribution in [0.5, 0.6) is 5.75 Å². The molecule has 1 rings (SSSR count). The van der Waals surface area contributed by atoms with Gasteiger partial charge in [-0.3, -0.25) is 0 Å². The van der Waals surface area contributed by atoms with E-state index in [-0.39, 0.29) is 12.6 Å². The van der Waals surface area contributed by atoms with Gasteiger partial charge in [0.1, 0.15) is 11.4 Å². The van der Waals surface area contributed by atoms with Crippen molar-refractivity contribution in [3.8, 4) is 5.75 Å². The number of unbranched alkanes of at least 4 members (excludes halogenated alkanes) is 12. The zero-order valence-corrected chi connectivity index (χ0v) is 24.9. The van der Waals surface area contributed by atoms with Crippen LogP contribution in [0.3, 0.4) is 0 Å². The Bertz CT molecular complexity index is 663. The normalized spacial score (nSPS) is 11.3. The second-order valence-electron chi connectivity index (χ2n) is 10.6. The van der Waals surface area contributed by atoms with E-state index in [1.54, 1.807) is 24.3 Å². The van der Waals surface area contributed by atoms with Crippen molar-refractivity contribution >= 4 is 5.97 Å². The van der Waals surface area contributed by atoms with Crippen LogP contribution in [0.2, 0.25) is 0 Å². The number of carbonyl (C=O) groups is 1. The lowest BCUT2D eigenvalue weighted by Crippen LogP contribution is -2.29. The molecule has 0 fully saturated rings. The third-order valence-electron chi connectivity index (χ3n) is 6.09. The molecule has 4 nitrogen and oxygen atoms in total. The van der Waals surface area contributed by atoms with Gasteiger partial charge in [0.05, 0.1) is 12.2 Å². The van der Waals surface area contributed by atoms with E-state index in [0.717, 1.165) is 12.8 Å². The molecule has 0 radical (unpaired) electrons. The van der Waals surface area contributed by atoms with Gasteiger partial charge in [-0.1, -0.05) is 97.1 Å². The standard InChI is InChI=1S/C30H50O4.C3H8/c1-4-5-6-7-8-9-10-11-12-13-14-15-16-17-18-19-26-33-29(32)27-20-22-28(23-21-27)34-30(2,3)24-25-31;1-3-2/h11-12,20-23,31H,4-10,13-19,24-26H2,1-3H3;3H2,1-2H3/b12-11-;. The van der Waals surface area contributed by atoms with Crippen molar-refractivity contribution in [1.29, 1.82) is 0 Å². The molecule has 0 aromatic heterocycles. The Kier molecular flexibility index (Phi) is 23.3. The topological polar surface area (TPSA) is 55.8 Å². The summed E-state index contributed by atoms with van der Waals surface area (Å²) >= 11 is 0. The molecule has 0 aliphatic heterocycles. The molecule has 0 amide bonds. The van der Waals surface area contributed by atoms with Crippen LogP contribution < -0.4 is 4.74 Å². The van der Waals surface area contributed by atoms with E-state index in [1.165, 1.54) is 83.5 Å². The van der Waals surface area contributed by atoms with Crippen molar-refractivity contribution in [3.63, 3.8) is 0 Å². The first kappa shape index (κ1) is 35.2. The van der Waals surface area contributed by atoms with Crippen LogP contribution >= 0.6 is 0 Å². The van der Waals surface area contributed by atoms with Crippen molar-refractivity contribution in [3.05, 3.63) is 42.0 Å². The quantitative estimate of drug-likeness (QED) is 0.0999. The molecule has 37 heavy (non-hydrogen) atoms. The van der Waals surface area contributed by atoms with E-state index >= 15 is 0 Å². The summed E-state index contributed by atoms with van der Waals surface area (Å²) in [7, 11) is 0. The minimum absolute atomic E-state index is 0.0775. The number of allylic oxidation sites excluding steroid dienone is 2. The summed E-state index contributed by atoms with van der Waals surface area (Å²) in [6.07, 6.45) is 24.2. The van der Waals surface area contributed by atoms with Gasteiger partial charge in [-0.25, -0.2) is 4.79 Å². The third kappa shape index (κ3) is 21.9. The van der Waals surface area contributed by atoms with Gasteiger partial charge in [-0.15, -0.1) is 0 Å². The van der Waals surface area contributed by atoms with E-state index in [1.807, 2.05) is 13.8 Å². The second-order valence-corrected chi connectivity index (χ2v) is 10.6. The molecule has 4 heteroatoms. The number of hydrogen-bond donors (Lipinski definition) is 1. The Morgan fingerprint density at radius 2 is 1.27 bits per heavy atom.